The van der Waals surface area contributed by atoms with E-state index in [1.807, 2.05) is 0 Å². The van der Waals surface area contributed by atoms with Gasteiger partial charge in [-0.15, -0.1) is 28.2 Å². The molecule has 0 aliphatic carbocycles. The number of carbonyl (C=O) groups excluding carboxylic acids is 3. The van der Waals surface area contributed by atoms with Crippen molar-refractivity contribution in [1.29, 1.82) is 0 Å². The summed E-state index contributed by atoms with van der Waals surface area (Å²) in [5, 5.41) is 34.9. The number of hydrogen-bond donors (Lipinski definition) is 4. The second kappa shape index (κ2) is 9.46. The predicted molar refractivity (Wildman–Crippen MR) is 114 cm³/mol. The minimum atomic E-state index is -1.62. The van der Waals surface area contributed by atoms with Crippen LogP contribution in [0.5, 0.6) is 0 Å². The van der Waals surface area contributed by atoms with Gasteiger partial charge in [-0.25, -0.2) is 9.48 Å². The molecule has 1 fully saturated rings. The molecule has 1 saturated heterocycles. The maximum absolute atomic E-state index is 12.7. The number of amides is 3. The number of carbonyl (C=O) groups is 4. The van der Waals surface area contributed by atoms with Crippen molar-refractivity contribution in [2.24, 2.45) is 12.0 Å². The van der Waals surface area contributed by atoms with Gasteiger partial charge in [-0.3, -0.25) is 19.3 Å². The lowest BCUT2D eigenvalue weighted by Crippen LogP contribution is -2.70. The first-order valence-corrected chi connectivity index (χ1v) is 12.1. The number of aliphatic hydroxyl groups is 1. The number of fused-ring (bicyclic) bond motifs is 1. The van der Waals surface area contributed by atoms with Crippen LogP contribution in [0.15, 0.2) is 26.8 Å². The smallest absolute Gasteiger partial charge is 0.352 e. The van der Waals surface area contributed by atoms with Gasteiger partial charge in [-0.2, -0.15) is 4.99 Å². The molecular formula is C16H16N8O6S3. The third-order valence-corrected chi connectivity index (χ3v) is 8.01. The number of hydrogen-bond acceptors (Lipinski definition) is 11. The van der Waals surface area contributed by atoms with Gasteiger partial charge in [0.2, 0.25) is 11.6 Å². The Balaban J connectivity index is 1.45. The largest absolute Gasteiger partial charge is 0.477 e. The minimum Gasteiger partial charge on any atom is -0.477 e. The summed E-state index contributed by atoms with van der Waals surface area (Å²) in [4.78, 5) is 55.1. The molecule has 0 aromatic carbocycles. The number of aromatic amines is 1. The highest BCUT2D eigenvalue weighted by Crippen LogP contribution is 2.41. The van der Waals surface area contributed by atoms with E-state index in [9.17, 15) is 29.4 Å². The summed E-state index contributed by atoms with van der Waals surface area (Å²) >= 11 is 3.59. The molecule has 2 unspecified atom stereocenters. The summed E-state index contributed by atoms with van der Waals surface area (Å²) in [7, 11) is 1.66. The lowest BCUT2D eigenvalue weighted by Gasteiger charge is -2.49. The van der Waals surface area contributed by atoms with E-state index in [1.165, 1.54) is 33.6 Å². The van der Waals surface area contributed by atoms with Crippen molar-refractivity contribution in [2.45, 2.75) is 22.7 Å². The van der Waals surface area contributed by atoms with E-state index >= 15 is 0 Å². The van der Waals surface area contributed by atoms with E-state index in [1.54, 1.807) is 7.05 Å². The molecule has 4 heterocycles. The number of H-pyrrole nitrogens is 1. The van der Waals surface area contributed by atoms with Crippen LogP contribution in [0.4, 0.5) is 0 Å². The van der Waals surface area contributed by atoms with Gasteiger partial charge in [0.05, 0.1) is 5.69 Å². The maximum atomic E-state index is 12.7. The molecule has 2 aromatic rings. The fraction of sp³-hybridized carbons (Fsp3) is 0.375. The quantitative estimate of drug-likeness (QED) is 0.177. The molecule has 0 bridgehead atoms. The fourth-order valence-corrected chi connectivity index (χ4v) is 6.25. The molecule has 2 aromatic heterocycles. The second-order valence-corrected chi connectivity index (χ2v) is 9.69. The van der Waals surface area contributed by atoms with Gasteiger partial charge in [-0.05, 0) is 16.0 Å². The maximum Gasteiger partial charge on any atom is 0.352 e. The summed E-state index contributed by atoms with van der Waals surface area (Å²) < 4.78 is 1.46. The van der Waals surface area contributed by atoms with Crippen molar-refractivity contribution in [2.75, 3.05) is 11.5 Å². The Labute approximate surface area is 197 Å². The average molecular weight is 513 g/mol. The summed E-state index contributed by atoms with van der Waals surface area (Å²) in [6.07, 6.45) is -1.29. The fourth-order valence-electron chi connectivity index (χ4n) is 3.21. The Bertz CT molecular complexity index is 1220. The Kier molecular flexibility index (Phi) is 6.63. The van der Waals surface area contributed by atoms with E-state index in [-0.39, 0.29) is 21.9 Å². The summed E-state index contributed by atoms with van der Waals surface area (Å²) in [6, 6.07) is -0.985. The van der Waals surface area contributed by atoms with Crippen LogP contribution in [-0.4, -0.2) is 87.4 Å². The van der Waals surface area contributed by atoms with Gasteiger partial charge >= 0.3 is 5.97 Å². The summed E-state index contributed by atoms with van der Waals surface area (Å²) in [5.74, 6) is -2.06. The molecule has 2 aliphatic heterocycles. The van der Waals surface area contributed by atoms with Gasteiger partial charge in [0.25, 0.3) is 11.8 Å². The van der Waals surface area contributed by atoms with Crippen molar-refractivity contribution in [3.05, 3.63) is 27.1 Å². The number of thiazole rings is 1. The normalized spacial score (nSPS) is 21.5. The van der Waals surface area contributed by atoms with Crippen LogP contribution in [-0.2, 0) is 26.2 Å². The number of tetrazole rings is 1. The molecule has 0 radical (unpaired) electrons. The van der Waals surface area contributed by atoms with E-state index in [0.29, 0.717) is 22.9 Å². The molecule has 4 rings (SSSR count). The van der Waals surface area contributed by atoms with Gasteiger partial charge in [0.1, 0.15) is 17.1 Å². The average Bonchev–Trinajstić information content (AvgIpc) is 3.43. The number of carboxylic acids is 1. The molecule has 3 atom stereocenters. The van der Waals surface area contributed by atoms with Crippen molar-refractivity contribution in [1.82, 2.24) is 35.4 Å². The van der Waals surface area contributed by atoms with Crippen LogP contribution in [0, 0.1) is 0 Å². The third-order valence-electron chi connectivity index (χ3n) is 4.77. The summed E-state index contributed by atoms with van der Waals surface area (Å²) in [6.45, 7) is 0. The molecular weight excluding hydrogens is 496 g/mol. The molecule has 14 nitrogen and oxygen atoms in total. The third kappa shape index (κ3) is 4.43. The molecule has 17 heteroatoms. The van der Waals surface area contributed by atoms with Crippen LogP contribution < -0.4 is 10.1 Å². The van der Waals surface area contributed by atoms with Crippen LogP contribution in [0.3, 0.4) is 0 Å². The highest BCUT2D eigenvalue weighted by Gasteiger charge is 2.54. The number of carboxylic acid groups (broad SMARTS) is 1. The Morgan fingerprint density at radius 1 is 1.52 bits per heavy atom. The topological polar surface area (TPSA) is 196 Å². The van der Waals surface area contributed by atoms with Crippen molar-refractivity contribution < 1.29 is 29.4 Å². The van der Waals surface area contributed by atoms with Crippen LogP contribution in [0.25, 0.3) is 0 Å². The molecule has 0 spiro atoms. The zero-order valence-corrected chi connectivity index (χ0v) is 19.2. The lowest BCUT2D eigenvalue weighted by atomic mass is 10.0. The highest BCUT2D eigenvalue weighted by molar-refractivity contribution is 8.01. The number of nitrogens with one attached hydrogen (secondary N) is 2. The Morgan fingerprint density at radius 2 is 2.30 bits per heavy atom. The molecule has 4 N–H and O–H groups in total. The first-order chi connectivity index (χ1) is 15.8. The number of nitrogens with zero attached hydrogens (tertiary/aromatic N) is 6. The number of aromatic nitrogens is 5. The highest BCUT2D eigenvalue weighted by atomic mass is 32.2. The molecule has 2 aliphatic rings. The number of aliphatic carboxylic acids is 1. The predicted octanol–water partition coefficient (Wildman–Crippen LogP) is -1.78. The molecule has 0 saturated carbocycles. The van der Waals surface area contributed by atoms with Gasteiger partial charge < -0.3 is 20.5 Å². The molecule has 33 heavy (non-hydrogen) atoms. The van der Waals surface area contributed by atoms with Crippen molar-refractivity contribution in [3.63, 3.8) is 0 Å². The number of rotatable bonds is 8. The van der Waals surface area contributed by atoms with Crippen LogP contribution in [0.2, 0.25) is 0 Å². The molecule has 3 amide bonds. The van der Waals surface area contributed by atoms with Crippen molar-refractivity contribution in [3.8, 4) is 0 Å². The minimum absolute atomic E-state index is 0.113. The van der Waals surface area contributed by atoms with Crippen LogP contribution in [0.1, 0.15) is 11.8 Å². The number of β-lactam (4-membered cyclic amide) rings is 1. The van der Waals surface area contributed by atoms with Crippen LogP contribution >= 0.6 is 34.9 Å². The zero-order chi connectivity index (χ0) is 23.7. The number of aliphatic hydroxyl groups excluding tert-OH is 1. The number of thioether (sulfide) groups is 2. The monoisotopic (exact) mass is 512 g/mol. The lowest BCUT2D eigenvalue weighted by molar-refractivity contribution is -0.151. The van der Waals surface area contributed by atoms with E-state index in [0.717, 1.165) is 16.2 Å². The SMILES string of the molecule is Cn1nnnc1SCC1=C(C(=O)O)N2C(=O)C(NC(=O)C(O)c3cs/c(=N\C=O)[nH]3)[C@H]2SC1. The second-order valence-electron chi connectivity index (χ2n) is 6.79. The van der Waals surface area contributed by atoms with Crippen molar-refractivity contribution >= 4 is 59.1 Å². The Morgan fingerprint density at radius 3 is 2.97 bits per heavy atom. The first-order valence-electron chi connectivity index (χ1n) is 9.20. The standard InChI is InChI=1S/C16H16N8O6S3/c1-23-16(20-21-22-23)33-3-6-2-31-13-8(12(28)24(13)9(6)14(29)30)19-11(27)10(26)7-4-32-15(18-7)17-5-25/h4-5,8,10,13,26H,2-3H2,1H3,(H,19,27)(H,29,30)(H,17,18,25)/t8?,10?,13-/m1/s1. The van der Waals surface area contributed by atoms with E-state index in [4.69, 9.17) is 0 Å². The van der Waals surface area contributed by atoms with Gasteiger partial charge in [0, 0.05) is 23.9 Å². The summed E-state index contributed by atoms with van der Waals surface area (Å²) in [5.41, 5.74) is 0.527. The van der Waals surface area contributed by atoms with Gasteiger partial charge in [0.15, 0.2) is 10.9 Å². The molecule has 174 valence electrons. The van der Waals surface area contributed by atoms with Gasteiger partial charge in [-0.1, -0.05) is 11.8 Å². The first kappa shape index (κ1) is 23.1. The Hall–Kier alpha value is -3.02. The number of aryl methyl sites for hydroxylation is 1. The zero-order valence-electron chi connectivity index (χ0n) is 16.7. The van der Waals surface area contributed by atoms with E-state index < -0.39 is 35.3 Å². The van der Waals surface area contributed by atoms with E-state index in [2.05, 4.69) is 30.8 Å².